The molecule has 0 aliphatic heterocycles. The number of allylic oxidation sites excluding steroid dienone is 4. The molecule has 0 amide bonds. The van der Waals surface area contributed by atoms with E-state index in [1.807, 2.05) is 36.4 Å². The topological polar surface area (TPSA) is 0 Å². The summed E-state index contributed by atoms with van der Waals surface area (Å²) < 4.78 is 2.29. The molecule has 0 saturated carbocycles. The standard InChI is InChI=1S/2C6H5.C5H5.CHCl2.2ClH.Fe.H2P.Pd/c2*1-2-4-6-5-3-1;1-2-4-5-3-1;2-1-3;;;;;/h2*1-5H;1-2,5H,3H2;1H;2*1H;;1H2;/q;;;;;;+1;-1;+2/p-2. The zero-order valence-corrected chi connectivity index (χ0v) is 19.9. The SMILES string of the molecule is [PH2][Fe]([C]1=CCC=C1)([c]1ccccc1)([c]1ccccc1)([CH](Cl)Cl)[Pd]([Cl])[Cl]. The summed E-state index contributed by atoms with van der Waals surface area (Å²) in [6.45, 7) is 0. The van der Waals surface area contributed by atoms with Gasteiger partial charge in [-0.15, -0.1) is 0 Å². The first-order valence-corrected chi connectivity index (χ1v) is 19.4. The molecule has 1 aliphatic carbocycles. The molecule has 0 fully saturated rings. The van der Waals surface area contributed by atoms with Gasteiger partial charge in [0.25, 0.3) is 0 Å². The van der Waals surface area contributed by atoms with Gasteiger partial charge in [0.1, 0.15) is 0 Å². The maximum absolute atomic E-state index is 7.03. The molecule has 0 spiro atoms. The fourth-order valence-electron chi connectivity index (χ4n) is 2.95. The molecule has 1 aliphatic rings. The van der Waals surface area contributed by atoms with Crippen LogP contribution in [0, 0.1) is 0 Å². The molecule has 1 atom stereocenters. The summed E-state index contributed by atoms with van der Waals surface area (Å²) in [5.74, 6) is 0. The van der Waals surface area contributed by atoms with E-state index >= 15 is 0 Å². The van der Waals surface area contributed by atoms with Crippen molar-refractivity contribution in [3.05, 3.63) is 83.4 Å². The normalized spacial score (nSPS) is 17.8. The third kappa shape index (κ3) is 2.34. The average Bonchev–Trinajstić information content (AvgIpc) is 3.18. The monoisotopic (exact) mass is 567 g/mol. The quantitative estimate of drug-likeness (QED) is 0.232. The molecule has 2 aromatic rings. The summed E-state index contributed by atoms with van der Waals surface area (Å²) in [7, 11) is 12.7. The summed E-state index contributed by atoms with van der Waals surface area (Å²) in [6.07, 6.45) is 7.20. The molecule has 7 heteroatoms. The number of hydrogen-bond donors (Lipinski definition) is 0. The van der Waals surface area contributed by atoms with Gasteiger partial charge in [-0.05, 0) is 0 Å². The third-order valence-electron chi connectivity index (χ3n) is 4.27. The third-order valence-corrected chi connectivity index (χ3v) is 49.7. The van der Waals surface area contributed by atoms with Crippen LogP contribution in [-0.4, -0.2) is 3.73 Å². The zero-order valence-electron chi connectivity index (χ0n) is 13.0. The van der Waals surface area contributed by atoms with E-state index in [1.165, 1.54) is 0 Å². The Morgan fingerprint density at radius 3 is 1.68 bits per heavy atom. The molecule has 1 unspecified atom stereocenters. The van der Waals surface area contributed by atoms with Crippen LogP contribution in [0.3, 0.4) is 0 Å². The van der Waals surface area contributed by atoms with E-state index in [-0.39, 0.29) is 0 Å². The molecule has 0 aromatic heterocycles. The molecule has 0 bridgehead atoms. The number of benzene rings is 2. The molecule has 0 heterocycles. The summed E-state index contributed by atoms with van der Waals surface area (Å²) in [5, 5.41) is 0. The molecule has 0 radical (unpaired) electrons. The van der Waals surface area contributed by atoms with Crippen LogP contribution < -0.4 is 8.92 Å². The van der Waals surface area contributed by atoms with E-state index in [0.717, 1.165) is 19.8 Å². The van der Waals surface area contributed by atoms with Crippen LogP contribution in [0.15, 0.2) is 83.4 Å². The molecule has 0 N–H and O–H groups in total. The van der Waals surface area contributed by atoms with Crippen LogP contribution in [0.5, 0.6) is 0 Å². The molecule has 141 valence electrons. The van der Waals surface area contributed by atoms with Crippen molar-refractivity contribution in [3.63, 3.8) is 0 Å². The minimum absolute atomic E-state index is 0.792. The van der Waals surface area contributed by atoms with Gasteiger partial charge in [0.2, 0.25) is 0 Å². The molecular formula is C18H18Cl4FePPd. The van der Waals surface area contributed by atoms with Crippen molar-refractivity contribution < 1.29 is 20.5 Å². The summed E-state index contributed by atoms with van der Waals surface area (Å²) in [4.78, 5) is 0. The Bertz CT molecular complexity index is 798. The second kappa shape index (κ2) is 6.94. The molecule has 0 nitrogen and oxygen atoms in total. The predicted octanol–water partition coefficient (Wildman–Crippen LogP) is 6.10. The Hall–Kier alpha value is 0.692. The average molecular weight is 569 g/mol. The Kier molecular flexibility index (Phi) is 5.67. The van der Waals surface area contributed by atoms with Gasteiger partial charge >= 0.3 is 173 Å². The van der Waals surface area contributed by atoms with Gasteiger partial charge in [-0.1, -0.05) is 0 Å². The number of halogens is 4. The molecule has 2 aromatic carbocycles. The van der Waals surface area contributed by atoms with Crippen LogP contribution in [0.1, 0.15) is 6.42 Å². The zero-order chi connectivity index (χ0) is 18.2. The first-order valence-electron chi connectivity index (χ1n) is 7.27. The number of hydrogen-bond acceptors (Lipinski definition) is 0. The van der Waals surface area contributed by atoms with Crippen LogP contribution >= 0.6 is 50.2 Å². The van der Waals surface area contributed by atoms with E-state index < -0.39 is 24.2 Å². The van der Waals surface area contributed by atoms with Crippen molar-refractivity contribution in [1.82, 2.24) is 0 Å². The van der Waals surface area contributed by atoms with Crippen molar-refractivity contribution in [2.24, 2.45) is 0 Å². The van der Waals surface area contributed by atoms with Gasteiger partial charge in [0.05, 0.1) is 0 Å². The van der Waals surface area contributed by atoms with Crippen LogP contribution in [0.25, 0.3) is 0 Å². The van der Waals surface area contributed by atoms with E-state index in [1.54, 1.807) is 0 Å². The summed E-state index contributed by atoms with van der Waals surface area (Å²) in [5.41, 5.74) is 0. The first kappa shape index (κ1) is 20.4. The van der Waals surface area contributed by atoms with Crippen molar-refractivity contribution in [2.75, 3.05) is 0 Å². The summed E-state index contributed by atoms with van der Waals surface area (Å²) in [6, 6.07) is 20.2. The Balaban J connectivity index is 2.66. The van der Waals surface area contributed by atoms with Crippen LogP contribution in [0.4, 0.5) is 0 Å². The molecule has 25 heavy (non-hydrogen) atoms. The number of rotatable bonds is 5. The first-order chi connectivity index (χ1) is 11.8. The van der Waals surface area contributed by atoms with E-state index in [9.17, 15) is 0 Å². The Morgan fingerprint density at radius 2 is 1.36 bits per heavy atom. The Morgan fingerprint density at radius 1 is 0.880 bits per heavy atom. The minimum atomic E-state index is -4.39. The van der Waals surface area contributed by atoms with Gasteiger partial charge < -0.3 is 0 Å². The van der Waals surface area contributed by atoms with Crippen LogP contribution in [-0.2, 0) is 20.5 Å². The van der Waals surface area contributed by atoms with Crippen molar-refractivity contribution in [2.45, 2.75) is 10.2 Å². The second-order valence-electron chi connectivity index (χ2n) is 5.43. The summed E-state index contributed by atoms with van der Waals surface area (Å²) >= 11 is 11.6. The van der Waals surface area contributed by atoms with E-state index in [4.69, 9.17) is 42.3 Å². The van der Waals surface area contributed by atoms with Gasteiger partial charge in [0.15, 0.2) is 0 Å². The number of alkyl halides is 2. The molecular weight excluding hydrogens is 551 g/mol. The van der Waals surface area contributed by atoms with Crippen LogP contribution in [0.2, 0.25) is 0 Å². The van der Waals surface area contributed by atoms with Gasteiger partial charge in [-0.3, -0.25) is 0 Å². The fraction of sp³-hybridized carbons (Fsp3) is 0.111. The fourth-order valence-corrected chi connectivity index (χ4v) is 33.3. The van der Waals surface area contributed by atoms with Gasteiger partial charge in [0, 0.05) is 0 Å². The molecule has 0 saturated heterocycles. The van der Waals surface area contributed by atoms with Crippen molar-refractivity contribution >= 4 is 59.1 Å². The van der Waals surface area contributed by atoms with E-state index in [0.29, 0.717) is 0 Å². The van der Waals surface area contributed by atoms with Crippen molar-refractivity contribution in [1.29, 1.82) is 0 Å². The van der Waals surface area contributed by atoms with Gasteiger partial charge in [-0.2, -0.15) is 0 Å². The Labute approximate surface area is 171 Å². The predicted molar refractivity (Wildman–Crippen MR) is 111 cm³/mol. The molecule has 3 rings (SSSR count). The van der Waals surface area contributed by atoms with Gasteiger partial charge in [-0.25, -0.2) is 0 Å². The van der Waals surface area contributed by atoms with Crippen molar-refractivity contribution in [3.8, 4) is 0 Å². The maximum atomic E-state index is 7.03. The van der Waals surface area contributed by atoms with E-state index in [2.05, 4.69) is 50.4 Å². The second-order valence-corrected chi connectivity index (χ2v) is 34.9.